The monoisotopic (exact) mass is 230 g/mol. The second-order valence-corrected chi connectivity index (χ2v) is 4.48. The molecule has 0 saturated heterocycles. The van der Waals surface area contributed by atoms with Gasteiger partial charge in [-0.2, -0.15) is 0 Å². The predicted octanol–water partition coefficient (Wildman–Crippen LogP) is 1.98. The molecule has 4 nitrogen and oxygen atoms in total. The van der Waals surface area contributed by atoms with E-state index in [9.17, 15) is 0 Å². The van der Waals surface area contributed by atoms with Crippen LogP contribution < -0.4 is 5.32 Å². The lowest BCUT2D eigenvalue weighted by atomic mass is 10.1. The normalized spacial score (nSPS) is 11.1. The Morgan fingerprint density at radius 2 is 2.18 bits per heavy atom. The first-order valence-electron chi connectivity index (χ1n) is 5.84. The van der Waals surface area contributed by atoms with Crippen LogP contribution in [0.1, 0.15) is 19.4 Å². The van der Waals surface area contributed by atoms with Crippen LogP contribution in [0.3, 0.4) is 0 Å². The molecule has 17 heavy (non-hydrogen) atoms. The number of aryl methyl sites for hydroxylation is 1. The van der Waals surface area contributed by atoms with E-state index >= 15 is 0 Å². The first kappa shape index (κ1) is 11.8. The Balaban J connectivity index is 2.20. The Hall–Kier alpha value is -1.68. The highest BCUT2D eigenvalue weighted by Crippen LogP contribution is 2.18. The average Bonchev–Trinajstić information content (AvgIpc) is 2.73. The van der Waals surface area contributed by atoms with Crippen molar-refractivity contribution in [2.75, 3.05) is 0 Å². The van der Waals surface area contributed by atoms with Crippen LogP contribution in [-0.4, -0.2) is 21.0 Å². The van der Waals surface area contributed by atoms with Crippen molar-refractivity contribution in [3.63, 3.8) is 0 Å². The summed E-state index contributed by atoms with van der Waals surface area (Å²) in [7, 11) is 1.90. The highest BCUT2D eigenvalue weighted by Gasteiger charge is 2.04. The Labute approximate surface area is 102 Å². The van der Waals surface area contributed by atoms with E-state index < -0.39 is 0 Å². The largest absolute Gasteiger partial charge is 0.310 e. The maximum absolute atomic E-state index is 3.95. The molecule has 0 amide bonds. The highest BCUT2D eigenvalue weighted by molar-refractivity contribution is 5.59. The first-order chi connectivity index (χ1) is 8.16. The number of hydrogen-bond acceptors (Lipinski definition) is 3. The van der Waals surface area contributed by atoms with Crippen LogP contribution in [0.5, 0.6) is 0 Å². The molecule has 1 N–H and O–H groups in total. The van der Waals surface area contributed by atoms with Gasteiger partial charge in [0.15, 0.2) is 0 Å². The summed E-state index contributed by atoms with van der Waals surface area (Å²) in [6.45, 7) is 5.18. The third kappa shape index (κ3) is 2.91. The van der Waals surface area contributed by atoms with Gasteiger partial charge in [0.1, 0.15) is 0 Å². The van der Waals surface area contributed by atoms with Crippen molar-refractivity contribution in [1.29, 1.82) is 0 Å². The number of rotatable bonds is 4. The summed E-state index contributed by atoms with van der Waals surface area (Å²) in [6.07, 6.45) is 1.79. The second-order valence-electron chi connectivity index (χ2n) is 4.48. The van der Waals surface area contributed by atoms with Gasteiger partial charge < -0.3 is 5.32 Å². The number of benzene rings is 1. The van der Waals surface area contributed by atoms with E-state index in [1.165, 1.54) is 5.56 Å². The van der Waals surface area contributed by atoms with Gasteiger partial charge in [0.2, 0.25) is 0 Å². The summed E-state index contributed by atoms with van der Waals surface area (Å²) in [4.78, 5) is 0. The molecule has 0 aliphatic rings. The van der Waals surface area contributed by atoms with Crippen LogP contribution in [0.4, 0.5) is 0 Å². The molecular formula is C13H18N4. The molecule has 1 aromatic heterocycles. The van der Waals surface area contributed by atoms with Gasteiger partial charge >= 0.3 is 0 Å². The van der Waals surface area contributed by atoms with Gasteiger partial charge in [-0.3, -0.25) is 0 Å². The lowest BCUT2D eigenvalue weighted by Crippen LogP contribution is -2.21. The molecule has 2 aromatic rings. The minimum atomic E-state index is 0.497. The molecule has 0 fully saturated rings. The van der Waals surface area contributed by atoms with Crippen LogP contribution in [0.15, 0.2) is 30.5 Å². The van der Waals surface area contributed by atoms with Crippen molar-refractivity contribution in [3.8, 4) is 11.3 Å². The molecule has 0 aliphatic heterocycles. The number of aromatic nitrogens is 3. The van der Waals surface area contributed by atoms with Gasteiger partial charge in [0.25, 0.3) is 0 Å². The lowest BCUT2D eigenvalue weighted by molar-refractivity contribution is 0.589. The zero-order valence-electron chi connectivity index (χ0n) is 10.5. The molecule has 0 bridgehead atoms. The molecule has 0 saturated carbocycles. The highest BCUT2D eigenvalue weighted by atomic mass is 15.4. The summed E-state index contributed by atoms with van der Waals surface area (Å²) >= 11 is 0. The van der Waals surface area contributed by atoms with E-state index in [0.717, 1.165) is 17.8 Å². The van der Waals surface area contributed by atoms with Crippen LogP contribution in [-0.2, 0) is 13.6 Å². The number of hydrogen-bond donors (Lipinski definition) is 1. The standard InChI is InChI=1S/C13H18N4/c1-10(2)14-8-11-5-4-6-12(7-11)13-9-15-16-17(13)3/h4-7,9-10,14H,8H2,1-3H3. The van der Waals surface area contributed by atoms with E-state index in [0.29, 0.717) is 6.04 Å². The smallest absolute Gasteiger partial charge is 0.0882 e. The maximum atomic E-state index is 3.95. The Morgan fingerprint density at radius 3 is 2.82 bits per heavy atom. The summed E-state index contributed by atoms with van der Waals surface area (Å²) in [5.74, 6) is 0. The van der Waals surface area contributed by atoms with E-state index in [2.05, 4.69) is 53.7 Å². The molecule has 1 heterocycles. The van der Waals surface area contributed by atoms with Crippen molar-refractivity contribution in [3.05, 3.63) is 36.0 Å². The zero-order chi connectivity index (χ0) is 12.3. The summed E-state index contributed by atoms with van der Waals surface area (Å²) < 4.78 is 1.79. The summed E-state index contributed by atoms with van der Waals surface area (Å²) in [5.41, 5.74) is 3.47. The fourth-order valence-corrected chi connectivity index (χ4v) is 1.71. The van der Waals surface area contributed by atoms with Crippen molar-refractivity contribution < 1.29 is 0 Å². The summed E-state index contributed by atoms with van der Waals surface area (Å²) in [6, 6.07) is 8.95. The Kier molecular flexibility index (Phi) is 3.54. The van der Waals surface area contributed by atoms with Crippen LogP contribution in [0, 0.1) is 0 Å². The van der Waals surface area contributed by atoms with Crippen LogP contribution >= 0.6 is 0 Å². The van der Waals surface area contributed by atoms with Crippen LogP contribution in [0.25, 0.3) is 11.3 Å². The van der Waals surface area contributed by atoms with Crippen molar-refractivity contribution >= 4 is 0 Å². The molecule has 0 atom stereocenters. The average molecular weight is 230 g/mol. The molecule has 0 spiro atoms. The van der Waals surface area contributed by atoms with Crippen molar-refractivity contribution in [2.45, 2.75) is 26.4 Å². The third-order valence-corrected chi connectivity index (χ3v) is 2.65. The minimum Gasteiger partial charge on any atom is -0.310 e. The predicted molar refractivity (Wildman–Crippen MR) is 68.4 cm³/mol. The molecular weight excluding hydrogens is 212 g/mol. The molecule has 0 unspecified atom stereocenters. The Bertz CT molecular complexity index is 488. The zero-order valence-corrected chi connectivity index (χ0v) is 10.5. The van der Waals surface area contributed by atoms with Crippen molar-refractivity contribution in [2.24, 2.45) is 7.05 Å². The molecule has 1 aromatic carbocycles. The molecule has 90 valence electrons. The Morgan fingerprint density at radius 1 is 1.35 bits per heavy atom. The fraction of sp³-hybridized carbons (Fsp3) is 0.385. The summed E-state index contributed by atoms with van der Waals surface area (Å²) in [5, 5.41) is 11.3. The van der Waals surface area contributed by atoms with Gasteiger partial charge in [-0.05, 0) is 11.6 Å². The van der Waals surface area contributed by atoms with Gasteiger partial charge in [0, 0.05) is 25.2 Å². The third-order valence-electron chi connectivity index (χ3n) is 2.65. The molecule has 2 rings (SSSR count). The molecule has 0 aliphatic carbocycles. The van der Waals surface area contributed by atoms with E-state index in [4.69, 9.17) is 0 Å². The van der Waals surface area contributed by atoms with Crippen molar-refractivity contribution in [1.82, 2.24) is 20.3 Å². The lowest BCUT2D eigenvalue weighted by Gasteiger charge is -2.09. The molecule has 0 radical (unpaired) electrons. The molecule has 4 heteroatoms. The van der Waals surface area contributed by atoms with Gasteiger partial charge in [0.05, 0.1) is 11.9 Å². The first-order valence-corrected chi connectivity index (χ1v) is 5.84. The fourth-order valence-electron chi connectivity index (χ4n) is 1.71. The number of nitrogens with one attached hydrogen (secondary N) is 1. The van der Waals surface area contributed by atoms with Crippen LogP contribution in [0.2, 0.25) is 0 Å². The SMILES string of the molecule is CC(C)NCc1cccc(-c2cnnn2C)c1. The minimum absolute atomic E-state index is 0.497. The topological polar surface area (TPSA) is 42.7 Å². The van der Waals surface area contributed by atoms with Gasteiger partial charge in [-0.1, -0.05) is 37.3 Å². The van der Waals surface area contributed by atoms with E-state index in [1.54, 1.807) is 10.9 Å². The second kappa shape index (κ2) is 5.10. The van der Waals surface area contributed by atoms with E-state index in [1.807, 2.05) is 7.05 Å². The van der Waals surface area contributed by atoms with Gasteiger partial charge in [-0.15, -0.1) is 5.10 Å². The van der Waals surface area contributed by atoms with Gasteiger partial charge in [-0.25, -0.2) is 4.68 Å². The number of nitrogens with zero attached hydrogens (tertiary/aromatic N) is 3. The quantitative estimate of drug-likeness (QED) is 0.873. The maximum Gasteiger partial charge on any atom is 0.0882 e. The van der Waals surface area contributed by atoms with E-state index in [-0.39, 0.29) is 0 Å².